The zero-order valence-corrected chi connectivity index (χ0v) is 12.4. The van der Waals surface area contributed by atoms with Gasteiger partial charge in [-0.15, -0.1) is 0 Å². The number of methoxy groups -OCH3 is 1. The molecule has 0 fully saturated rings. The largest absolute Gasteiger partial charge is 0.496 e. The van der Waals surface area contributed by atoms with Crippen molar-refractivity contribution in [2.24, 2.45) is 7.05 Å². The summed E-state index contributed by atoms with van der Waals surface area (Å²) in [5, 5.41) is 14.3. The number of nitrogens with two attached hydrogens (primary N) is 1. The summed E-state index contributed by atoms with van der Waals surface area (Å²) in [6, 6.07) is 5.68. The van der Waals surface area contributed by atoms with Crippen molar-refractivity contribution in [3.05, 3.63) is 40.0 Å². The number of halogens is 1. The number of ether oxygens (including phenoxy) is 1. The Bertz CT molecular complexity index is 583. The van der Waals surface area contributed by atoms with Crippen LogP contribution in [-0.2, 0) is 13.5 Å². The quantitative estimate of drug-likeness (QED) is 0.902. The summed E-state index contributed by atoms with van der Waals surface area (Å²) in [6.45, 7) is 0. The molecule has 0 saturated heterocycles. The molecule has 0 aliphatic heterocycles. The van der Waals surface area contributed by atoms with Crippen LogP contribution in [0.3, 0.4) is 0 Å². The molecule has 6 heteroatoms. The Morgan fingerprint density at radius 2 is 2.26 bits per heavy atom. The van der Waals surface area contributed by atoms with Crippen molar-refractivity contribution in [3.8, 4) is 5.75 Å². The Morgan fingerprint density at radius 3 is 2.84 bits per heavy atom. The van der Waals surface area contributed by atoms with Gasteiger partial charge in [-0.2, -0.15) is 5.10 Å². The molecule has 0 aliphatic rings. The van der Waals surface area contributed by atoms with Crippen LogP contribution in [0.2, 0.25) is 0 Å². The maximum atomic E-state index is 10.3. The molecule has 19 heavy (non-hydrogen) atoms. The van der Waals surface area contributed by atoms with Gasteiger partial charge in [-0.3, -0.25) is 4.68 Å². The third kappa shape index (κ3) is 2.90. The summed E-state index contributed by atoms with van der Waals surface area (Å²) in [5.74, 6) is 1.21. The number of rotatable bonds is 4. The highest BCUT2D eigenvalue weighted by molar-refractivity contribution is 9.10. The molecule has 1 aromatic carbocycles. The van der Waals surface area contributed by atoms with E-state index in [9.17, 15) is 5.11 Å². The van der Waals surface area contributed by atoms with Crippen molar-refractivity contribution < 1.29 is 9.84 Å². The van der Waals surface area contributed by atoms with Crippen molar-refractivity contribution in [3.63, 3.8) is 0 Å². The fourth-order valence-corrected chi connectivity index (χ4v) is 2.35. The van der Waals surface area contributed by atoms with E-state index in [1.165, 1.54) is 4.68 Å². The maximum Gasteiger partial charge on any atom is 0.127 e. The second-order valence-corrected chi connectivity index (χ2v) is 5.20. The summed E-state index contributed by atoms with van der Waals surface area (Å²) < 4.78 is 7.77. The van der Waals surface area contributed by atoms with Crippen LogP contribution in [0.15, 0.2) is 28.9 Å². The lowest BCUT2D eigenvalue weighted by Crippen LogP contribution is -2.07. The predicted octanol–water partition coefficient (Wildman–Crippen LogP) is 2.05. The van der Waals surface area contributed by atoms with Gasteiger partial charge >= 0.3 is 0 Å². The molecule has 3 N–H and O–H groups in total. The molecule has 5 nitrogen and oxygen atoms in total. The number of nitrogens with zero attached hydrogens (tertiary/aromatic N) is 2. The minimum Gasteiger partial charge on any atom is -0.496 e. The number of nitrogen functional groups attached to an aromatic ring is 1. The van der Waals surface area contributed by atoms with Gasteiger partial charge in [-0.1, -0.05) is 15.9 Å². The Kier molecular flexibility index (Phi) is 4.11. The molecule has 2 rings (SSSR count). The normalized spacial score (nSPS) is 12.4. The lowest BCUT2D eigenvalue weighted by atomic mass is 10.0. The van der Waals surface area contributed by atoms with Crippen LogP contribution >= 0.6 is 15.9 Å². The van der Waals surface area contributed by atoms with Gasteiger partial charge in [-0.05, 0) is 23.8 Å². The SMILES string of the molecule is COc1ccc(Br)cc1CC(O)c1cnn(C)c1N. The Morgan fingerprint density at radius 1 is 1.53 bits per heavy atom. The number of benzene rings is 1. The monoisotopic (exact) mass is 325 g/mol. The van der Waals surface area contributed by atoms with Gasteiger partial charge in [0.1, 0.15) is 11.6 Å². The van der Waals surface area contributed by atoms with Crippen LogP contribution in [-0.4, -0.2) is 22.0 Å². The molecule has 0 radical (unpaired) electrons. The third-order valence-electron chi connectivity index (χ3n) is 3.03. The van der Waals surface area contributed by atoms with Gasteiger partial charge in [0.2, 0.25) is 0 Å². The topological polar surface area (TPSA) is 73.3 Å². The molecule has 2 aromatic rings. The number of aliphatic hydroxyl groups is 1. The molecule has 0 amide bonds. The Hall–Kier alpha value is -1.53. The molecule has 1 heterocycles. The van der Waals surface area contributed by atoms with Crippen molar-refractivity contribution >= 4 is 21.7 Å². The highest BCUT2D eigenvalue weighted by atomic mass is 79.9. The third-order valence-corrected chi connectivity index (χ3v) is 3.52. The van der Waals surface area contributed by atoms with Crippen LogP contribution in [0.25, 0.3) is 0 Å². The number of hydrogen-bond acceptors (Lipinski definition) is 4. The Balaban J connectivity index is 2.26. The molecule has 0 spiro atoms. The van der Waals surface area contributed by atoms with Gasteiger partial charge in [0.25, 0.3) is 0 Å². The van der Waals surface area contributed by atoms with Gasteiger partial charge in [0.15, 0.2) is 0 Å². The first-order valence-corrected chi connectivity index (χ1v) is 6.60. The summed E-state index contributed by atoms with van der Waals surface area (Å²) in [7, 11) is 3.35. The molecule has 0 saturated carbocycles. The molecule has 0 bridgehead atoms. The maximum absolute atomic E-state index is 10.3. The summed E-state index contributed by atoms with van der Waals surface area (Å²) >= 11 is 3.41. The minimum atomic E-state index is -0.711. The first-order valence-electron chi connectivity index (χ1n) is 5.80. The van der Waals surface area contributed by atoms with E-state index in [4.69, 9.17) is 10.5 Å². The number of hydrogen-bond donors (Lipinski definition) is 2. The van der Waals surface area contributed by atoms with Crippen LogP contribution in [0, 0.1) is 0 Å². The van der Waals surface area contributed by atoms with Crippen LogP contribution < -0.4 is 10.5 Å². The summed E-state index contributed by atoms with van der Waals surface area (Å²) in [6.07, 6.45) is 1.29. The lowest BCUT2D eigenvalue weighted by molar-refractivity contribution is 0.178. The molecule has 0 aliphatic carbocycles. The fourth-order valence-electron chi connectivity index (χ4n) is 1.95. The van der Waals surface area contributed by atoms with E-state index in [1.807, 2.05) is 18.2 Å². The first kappa shape index (κ1) is 13.9. The second-order valence-electron chi connectivity index (χ2n) is 4.28. The summed E-state index contributed by atoms with van der Waals surface area (Å²) in [5.41, 5.74) is 7.40. The highest BCUT2D eigenvalue weighted by Gasteiger charge is 2.17. The zero-order chi connectivity index (χ0) is 14.0. The lowest BCUT2D eigenvalue weighted by Gasteiger charge is -2.13. The van der Waals surface area contributed by atoms with Crippen LogP contribution in [0.4, 0.5) is 5.82 Å². The number of anilines is 1. The first-order chi connectivity index (χ1) is 9.02. The molecule has 1 unspecified atom stereocenters. The van der Waals surface area contributed by atoms with Crippen LogP contribution in [0.1, 0.15) is 17.2 Å². The van der Waals surface area contributed by atoms with Gasteiger partial charge in [0, 0.05) is 23.5 Å². The average molecular weight is 326 g/mol. The van der Waals surface area contributed by atoms with Gasteiger partial charge < -0.3 is 15.6 Å². The summed E-state index contributed by atoms with van der Waals surface area (Å²) in [4.78, 5) is 0. The molecule has 102 valence electrons. The number of aryl methyl sites for hydroxylation is 1. The highest BCUT2D eigenvalue weighted by Crippen LogP contribution is 2.29. The molecular formula is C13H16BrN3O2. The Labute approximate surface area is 120 Å². The molecule has 1 aromatic heterocycles. The molecular weight excluding hydrogens is 310 g/mol. The zero-order valence-electron chi connectivity index (χ0n) is 10.8. The standard InChI is InChI=1S/C13H16BrN3O2/c1-17-13(15)10(7-16-17)11(18)6-8-5-9(14)3-4-12(8)19-2/h3-5,7,11,18H,6,15H2,1-2H3. The van der Waals surface area contributed by atoms with E-state index in [-0.39, 0.29) is 0 Å². The van der Waals surface area contributed by atoms with Gasteiger partial charge in [-0.25, -0.2) is 0 Å². The van der Waals surface area contributed by atoms with E-state index in [1.54, 1.807) is 20.4 Å². The van der Waals surface area contributed by atoms with E-state index >= 15 is 0 Å². The van der Waals surface area contributed by atoms with E-state index < -0.39 is 6.10 Å². The molecule has 1 atom stereocenters. The van der Waals surface area contributed by atoms with E-state index in [0.29, 0.717) is 17.8 Å². The van der Waals surface area contributed by atoms with E-state index in [2.05, 4.69) is 21.0 Å². The number of aliphatic hydroxyl groups excluding tert-OH is 1. The predicted molar refractivity (Wildman–Crippen MR) is 77.0 cm³/mol. The number of aromatic nitrogens is 2. The fraction of sp³-hybridized carbons (Fsp3) is 0.308. The van der Waals surface area contributed by atoms with Crippen molar-refractivity contribution in [1.82, 2.24) is 9.78 Å². The second kappa shape index (κ2) is 5.63. The average Bonchev–Trinajstić information content (AvgIpc) is 2.70. The smallest absolute Gasteiger partial charge is 0.127 e. The van der Waals surface area contributed by atoms with Gasteiger partial charge in [0.05, 0.1) is 19.4 Å². The van der Waals surface area contributed by atoms with Crippen molar-refractivity contribution in [2.45, 2.75) is 12.5 Å². The van der Waals surface area contributed by atoms with E-state index in [0.717, 1.165) is 15.8 Å². The minimum absolute atomic E-state index is 0.415. The van der Waals surface area contributed by atoms with Crippen LogP contribution in [0.5, 0.6) is 5.75 Å². The van der Waals surface area contributed by atoms with Crippen molar-refractivity contribution in [2.75, 3.05) is 12.8 Å². The van der Waals surface area contributed by atoms with Crippen molar-refractivity contribution in [1.29, 1.82) is 0 Å².